The summed E-state index contributed by atoms with van der Waals surface area (Å²) in [7, 11) is 0. The van der Waals surface area contributed by atoms with Crippen LogP contribution in [0.3, 0.4) is 0 Å². The maximum atomic E-state index is 3.62. The van der Waals surface area contributed by atoms with E-state index in [0.717, 1.165) is 6.04 Å². The van der Waals surface area contributed by atoms with Crippen molar-refractivity contribution < 1.29 is 0 Å². The van der Waals surface area contributed by atoms with E-state index >= 15 is 0 Å². The van der Waals surface area contributed by atoms with Gasteiger partial charge in [0, 0.05) is 6.04 Å². The largest absolute Gasteiger partial charge is 0.314 e. The van der Waals surface area contributed by atoms with E-state index in [2.05, 4.69) is 42.6 Å². The third-order valence-corrected chi connectivity index (χ3v) is 3.42. The van der Waals surface area contributed by atoms with Gasteiger partial charge in [0.25, 0.3) is 0 Å². The number of piperidine rings is 1. The summed E-state index contributed by atoms with van der Waals surface area (Å²) in [6.07, 6.45) is 5.40. The van der Waals surface area contributed by atoms with Gasteiger partial charge in [-0.3, -0.25) is 0 Å². The summed E-state index contributed by atoms with van der Waals surface area (Å²) in [5.41, 5.74) is 1.48. The Bertz CT molecular complexity index is 275. The Morgan fingerprint density at radius 1 is 1.27 bits per heavy atom. The minimum Gasteiger partial charge on any atom is -0.314 e. The van der Waals surface area contributed by atoms with E-state index in [1.165, 1.54) is 37.8 Å². The predicted octanol–water partition coefficient (Wildman–Crippen LogP) is 3.32. The second-order valence-corrected chi connectivity index (χ2v) is 4.69. The number of hydrogen-bond donors (Lipinski definition) is 1. The van der Waals surface area contributed by atoms with Crippen LogP contribution in [0.2, 0.25) is 0 Å². The topological polar surface area (TPSA) is 12.0 Å². The molecule has 1 heterocycles. The lowest BCUT2D eigenvalue weighted by Gasteiger charge is -2.26. The molecule has 82 valence electrons. The zero-order valence-corrected chi connectivity index (χ0v) is 9.58. The van der Waals surface area contributed by atoms with Gasteiger partial charge in [-0.05, 0) is 37.3 Å². The van der Waals surface area contributed by atoms with Gasteiger partial charge in [-0.25, -0.2) is 0 Å². The van der Waals surface area contributed by atoms with Crippen molar-refractivity contribution in [3.05, 3.63) is 35.9 Å². The van der Waals surface area contributed by atoms with E-state index in [0.29, 0.717) is 5.92 Å². The summed E-state index contributed by atoms with van der Waals surface area (Å²) in [6.45, 7) is 3.55. The van der Waals surface area contributed by atoms with E-state index in [-0.39, 0.29) is 0 Å². The maximum Gasteiger partial charge on any atom is 0.00727 e. The Hall–Kier alpha value is -0.820. The molecule has 1 aliphatic heterocycles. The summed E-state index contributed by atoms with van der Waals surface area (Å²) < 4.78 is 0. The van der Waals surface area contributed by atoms with Gasteiger partial charge < -0.3 is 5.32 Å². The SMILES string of the molecule is CC(CC1CCCCN1)c1ccccc1. The average molecular weight is 203 g/mol. The van der Waals surface area contributed by atoms with Gasteiger partial charge >= 0.3 is 0 Å². The summed E-state index contributed by atoms with van der Waals surface area (Å²) in [5, 5.41) is 3.62. The molecule has 1 N–H and O–H groups in total. The minimum atomic E-state index is 0.682. The highest BCUT2D eigenvalue weighted by Gasteiger charge is 2.16. The maximum absolute atomic E-state index is 3.62. The third-order valence-electron chi connectivity index (χ3n) is 3.42. The van der Waals surface area contributed by atoms with Crippen LogP contribution in [0.4, 0.5) is 0 Å². The smallest absolute Gasteiger partial charge is 0.00727 e. The Kier molecular flexibility index (Phi) is 3.79. The van der Waals surface area contributed by atoms with Crippen LogP contribution in [0.1, 0.15) is 44.1 Å². The van der Waals surface area contributed by atoms with Gasteiger partial charge in [0.15, 0.2) is 0 Å². The van der Waals surface area contributed by atoms with Gasteiger partial charge in [0.2, 0.25) is 0 Å². The van der Waals surface area contributed by atoms with Gasteiger partial charge in [0.05, 0.1) is 0 Å². The molecule has 2 atom stereocenters. The van der Waals surface area contributed by atoms with Gasteiger partial charge in [0.1, 0.15) is 0 Å². The molecule has 1 nitrogen and oxygen atoms in total. The molecular weight excluding hydrogens is 182 g/mol. The molecule has 0 amide bonds. The first-order valence-corrected chi connectivity index (χ1v) is 6.14. The van der Waals surface area contributed by atoms with Crippen LogP contribution in [0.25, 0.3) is 0 Å². The molecule has 0 aromatic heterocycles. The second kappa shape index (κ2) is 5.32. The van der Waals surface area contributed by atoms with Crippen molar-refractivity contribution in [2.75, 3.05) is 6.54 Å². The number of nitrogens with one attached hydrogen (secondary N) is 1. The lowest BCUT2D eigenvalue weighted by molar-refractivity contribution is 0.366. The van der Waals surface area contributed by atoms with Crippen molar-refractivity contribution in [2.24, 2.45) is 0 Å². The molecule has 0 aliphatic carbocycles. The molecule has 0 saturated carbocycles. The first kappa shape index (κ1) is 10.7. The van der Waals surface area contributed by atoms with Crippen LogP contribution in [0.15, 0.2) is 30.3 Å². The normalized spacial score (nSPS) is 23.7. The van der Waals surface area contributed by atoms with Crippen molar-refractivity contribution in [2.45, 2.75) is 44.6 Å². The number of hydrogen-bond acceptors (Lipinski definition) is 1. The molecule has 2 rings (SSSR count). The second-order valence-electron chi connectivity index (χ2n) is 4.69. The fourth-order valence-electron chi connectivity index (χ4n) is 2.47. The van der Waals surface area contributed by atoms with Crippen LogP contribution in [0.5, 0.6) is 0 Å². The Labute approximate surface area is 92.9 Å². The lowest BCUT2D eigenvalue weighted by Crippen LogP contribution is -2.34. The molecule has 0 bridgehead atoms. The summed E-state index contributed by atoms with van der Waals surface area (Å²) in [4.78, 5) is 0. The molecule has 1 fully saturated rings. The van der Waals surface area contributed by atoms with Crippen molar-refractivity contribution in [1.29, 1.82) is 0 Å². The van der Waals surface area contributed by atoms with Gasteiger partial charge in [-0.1, -0.05) is 43.7 Å². The van der Waals surface area contributed by atoms with E-state index in [1.807, 2.05) is 0 Å². The summed E-state index contributed by atoms with van der Waals surface area (Å²) in [5.74, 6) is 0.682. The minimum absolute atomic E-state index is 0.682. The fourth-order valence-corrected chi connectivity index (χ4v) is 2.47. The van der Waals surface area contributed by atoms with E-state index in [1.54, 1.807) is 0 Å². The zero-order chi connectivity index (χ0) is 10.5. The number of benzene rings is 1. The quantitative estimate of drug-likeness (QED) is 0.794. The number of rotatable bonds is 3. The molecule has 1 aromatic carbocycles. The fraction of sp³-hybridized carbons (Fsp3) is 0.571. The highest BCUT2D eigenvalue weighted by Crippen LogP contribution is 2.23. The Balaban J connectivity index is 1.88. The van der Waals surface area contributed by atoms with Gasteiger partial charge in [-0.2, -0.15) is 0 Å². The average Bonchev–Trinajstić information content (AvgIpc) is 2.31. The molecule has 0 spiro atoms. The molecule has 1 aliphatic rings. The van der Waals surface area contributed by atoms with E-state index in [4.69, 9.17) is 0 Å². The molecule has 2 unspecified atom stereocenters. The molecule has 0 radical (unpaired) electrons. The first-order chi connectivity index (χ1) is 7.36. The van der Waals surface area contributed by atoms with Crippen LogP contribution < -0.4 is 5.32 Å². The molecule has 1 heteroatoms. The van der Waals surface area contributed by atoms with Crippen molar-refractivity contribution in [3.63, 3.8) is 0 Å². The van der Waals surface area contributed by atoms with Crippen LogP contribution in [0, 0.1) is 0 Å². The van der Waals surface area contributed by atoms with Crippen LogP contribution in [-0.2, 0) is 0 Å². The zero-order valence-electron chi connectivity index (χ0n) is 9.58. The highest BCUT2D eigenvalue weighted by molar-refractivity contribution is 5.18. The predicted molar refractivity (Wildman–Crippen MR) is 65.1 cm³/mol. The van der Waals surface area contributed by atoms with Crippen LogP contribution in [-0.4, -0.2) is 12.6 Å². The Morgan fingerprint density at radius 2 is 2.07 bits per heavy atom. The molecule has 15 heavy (non-hydrogen) atoms. The summed E-state index contributed by atoms with van der Waals surface area (Å²) >= 11 is 0. The van der Waals surface area contributed by atoms with E-state index in [9.17, 15) is 0 Å². The van der Waals surface area contributed by atoms with Gasteiger partial charge in [-0.15, -0.1) is 0 Å². The molecular formula is C14H21N. The first-order valence-electron chi connectivity index (χ1n) is 6.14. The molecule has 1 aromatic rings. The third kappa shape index (κ3) is 3.07. The van der Waals surface area contributed by atoms with Crippen molar-refractivity contribution >= 4 is 0 Å². The van der Waals surface area contributed by atoms with Crippen molar-refractivity contribution in [1.82, 2.24) is 5.32 Å². The molecule has 1 saturated heterocycles. The Morgan fingerprint density at radius 3 is 2.73 bits per heavy atom. The van der Waals surface area contributed by atoms with Crippen molar-refractivity contribution in [3.8, 4) is 0 Å². The van der Waals surface area contributed by atoms with E-state index < -0.39 is 0 Å². The highest BCUT2D eigenvalue weighted by atomic mass is 14.9. The monoisotopic (exact) mass is 203 g/mol. The standard InChI is InChI=1S/C14H21N/c1-12(13-7-3-2-4-8-13)11-14-9-5-6-10-15-14/h2-4,7-8,12,14-15H,5-6,9-11H2,1H3. The van der Waals surface area contributed by atoms with Crippen LogP contribution >= 0.6 is 0 Å². The summed E-state index contributed by atoms with van der Waals surface area (Å²) in [6, 6.07) is 11.6. The lowest BCUT2D eigenvalue weighted by atomic mass is 9.90.